The number of methoxy groups -OCH3 is 1. The molecule has 0 aromatic rings. The fourth-order valence-corrected chi connectivity index (χ4v) is 7.39. The van der Waals surface area contributed by atoms with Crippen LogP contribution in [0.1, 0.15) is 60.8 Å². The third-order valence-electron chi connectivity index (χ3n) is 10.5. The van der Waals surface area contributed by atoms with Crippen molar-refractivity contribution in [1.82, 2.24) is 4.90 Å². The summed E-state index contributed by atoms with van der Waals surface area (Å²) in [5.74, 6) is -1.77. The number of epoxide rings is 1. The van der Waals surface area contributed by atoms with Crippen LogP contribution in [0.3, 0.4) is 0 Å². The number of hydrogen-bond donors (Lipinski definition) is 3. The Balaban J connectivity index is 1.55. The minimum atomic E-state index is -1.22. The maximum Gasteiger partial charge on any atom is 0.330 e. The van der Waals surface area contributed by atoms with Gasteiger partial charge >= 0.3 is 5.97 Å². The first-order valence-corrected chi connectivity index (χ1v) is 17.7. The number of esters is 1. The molecule has 0 amide bonds. The van der Waals surface area contributed by atoms with E-state index >= 15 is 0 Å². The van der Waals surface area contributed by atoms with E-state index < -0.39 is 73.3 Å². The average molecular weight is 698 g/mol. The summed E-state index contributed by atoms with van der Waals surface area (Å²) in [4.78, 5) is 28.6. The van der Waals surface area contributed by atoms with E-state index in [9.17, 15) is 24.9 Å². The summed E-state index contributed by atoms with van der Waals surface area (Å²) in [7, 11) is 5.24. The minimum absolute atomic E-state index is 0.0365. The normalized spacial score (nSPS) is 45.6. The Bertz CT molecular complexity index is 1150. The summed E-state index contributed by atoms with van der Waals surface area (Å²) >= 11 is 0. The number of fused-ring (bicyclic) bond motifs is 1. The number of nitrogens with zero attached hydrogens (tertiary/aromatic N) is 1. The smallest absolute Gasteiger partial charge is 0.330 e. The van der Waals surface area contributed by atoms with Crippen molar-refractivity contribution in [2.75, 3.05) is 27.8 Å². The Morgan fingerprint density at radius 3 is 2.24 bits per heavy atom. The number of carbonyl (C=O) groups excluding carboxylic acids is 2. The summed E-state index contributed by atoms with van der Waals surface area (Å²) in [6, 6.07) is -0.150. The van der Waals surface area contributed by atoms with E-state index in [0.717, 1.165) is 0 Å². The van der Waals surface area contributed by atoms with Crippen molar-refractivity contribution in [2.24, 2.45) is 23.7 Å². The molecule has 17 atom stereocenters. The molecule has 3 saturated heterocycles. The molecule has 0 radical (unpaired) electrons. The van der Waals surface area contributed by atoms with Gasteiger partial charge in [0, 0.05) is 37.0 Å². The average Bonchev–Trinajstić information content (AvgIpc) is 3.83. The second kappa shape index (κ2) is 17.6. The van der Waals surface area contributed by atoms with Gasteiger partial charge in [-0.3, -0.25) is 4.79 Å². The van der Waals surface area contributed by atoms with Crippen LogP contribution in [0.5, 0.6) is 0 Å². The van der Waals surface area contributed by atoms with E-state index in [2.05, 4.69) is 0 Å². The molecule has 3 N–H and O–H groups in total. The Kier molecular flexibility index (Phi) is 14.4. The van der Waals surface area contributed by atoms with Crippen molar-refractivity contribution in [3.8, 4) is 0 Å². The molecule has 4 rings (SSSR count). The van der Waals surface area contributed by atoms with Crippen molar-refractivity contribution >= 4 is 11.8 Å². The van der Waals surface area contributed by atoms with E-state index in [1.54, 1.807) is 25.2 Å². The van der Waals surface area contributed by atoms with Gasteiger partial charge in [0.05, 0.1) is 31.0 Å². The fourth-order valence-electron chi connectivity index (χ4n) is 7.39. The first-order chi connectivity index (χ1) is 23.2. The van der Waals surface area contributed by atoms with E-state index in [0.29, 0.717) is 19.3 Å². The van der Waals surface area contributed by atoms with Gasteiger partial charge < -0.3 is 53.4 Å². The topological polar surface area (TPSA) is 166 Å². The van der Waals surface area contributed by atoms with Crippen molar-refractivity contribution in [3.05, 3.63) is 24.3 Å². The number of likely N-dealkylation sites (N-methyl/N-ethyl adjacent to an activating group) is 1. The Hall–Kier alpha value is -1.78. The van der Waals surface area contributed by atoms with Crippen LogP contribution in [0.2, 0.25) is 0 Å². The van der Waals surface area contributed by atoms with Gasteiger partial charge in [0.1, 0.15) is 36.6 Å². The first-order valence-electron chi connectivity index (χ1n) is 17.7. The molecule has 0 aromatic carbocycles. The molecule has 0 aliphatic carbocycles. The van der Waals surface area contributed by atoms with Gasteiger partial charge in [-0.05, 0) is 65.3 Å². The van der Waals surface area contributed by atoms with Crippen LogP contribution in [0.25, 0.3) is 0 Å². The number of carbonyl (C=O) groups is 2. The molecule has 0 saturated carbocycles. The SMILES string of the molecule is CCC1OC(=O)C=CC(C)C(OC2OC(C)CC(N(C)C)C2O)C(C)CC(C)C(=O)C=CC2OC2C1COC1OC(C)C(O)C(O)C1OC. The van der Waals surface area contributed by atoms with E-state index in [-0.39, 0.29) is 48.4 Å². The Morgan fingerprint density at radius 2 is 1.59 bits per heavy atom. The van der Waals surface area contributed by atoms with Crippen molar-refractivity contribution in [2.45, 2.75) is 140 Å². The third kappa shape index (κ3) is 9.97. The number of allylic oxidation sites excluding steroid dienone is 1. The number of hydrogen-bond acceptors (Lipinski definition) is 13. The zero-order chi connectivity index (χ0) is 36.2. The quantitative estimate of drug-likeness (QED) is 0.249. The Labute approximate surface area is 290 Å². The number of rotatable bonds is 8. The molecule has 280 valence electrons. The van der Waals surface area contributed by atoms with E-state index in [1.165, 1.54) is 13.2 Å². The fraction of sp³-hybridized carbons (Fsp3) is 0.833. The highest BCUT2D eigenvalue weighted by Gasteiger charge is 2.50. The summed E-state index contributed by atoms with van der Waals surface area (Å²) in [5, 5.41) is 32.0. The summed E-state index contributed by atoms with van der Waals surface area (Å²) in [6.45, 7) is 11.3. The molecule has 4 aliphatic heterocycles. The van der Waals surface area contributed by atoms with Crippen LogP contribution in [0.4, 0.5) is 0 Å². The van der Waals surface area contributed by atoms with Gasteiger partial charge in [-0.15, -0.1) is 0 Å². The minimum Gasteiger partial charge on any atom is -0.459 e. The summed E-state index contributed by atoms with van der Waals surface area (Å²) in [6.07, 6.45) is -0.676. The molecule has 4 aliphatic rings. The lowest BCUT2D eigenvalue weighted by Gasteiger charge is -2.43. The first kappa shape index (κ1) is 40.0. The lowest BCUT2D eigenvalue weighted by molar-refractivity contribution is -0.301. The predicted octanol–water partition coefficient (Wildman–Crippen LogP) is 1.99. The maximum absolute atomic E-state index is 13.3. The van der Waals surface area contributed by atoms with Gasteiger partial charge in [-0.2, -0.15) is 0 Å². The monoisotopic (exact) mass is 697 g/mol. The molecule has 0 aromatic heterocycles. The molecular formula is C36H59NO12. The number of aliphatic hydroxyl groups excluding tert-OH is 3. The van der Waals surface area contributed by atoms with Gasteiger partial charge in [-0.25, -0.2) is 4.79 Å². The van der Waals surface area contributed by atoms with E-state index in [4.69, 9.17) is 33.2 Å². The van der Waals surface area contributed by atoms with Crippen LogP contribution < -0.4 is 0 Å². The molecule has 4 heterocycles. The number of aliphatic hydroxyl groups is 3. The second-order valence-corrected chi connectivity index (χ2v) is 14.6. The lowest BCUT2D eigenvalue weighted by Crippen LogP contribution is -2.58. The highest BCUT2D eigenvalue weighted by atomic mass is 16.7. The molecule has 3 fully saturated rings. The summed E-state index contributed by atoms with van der Waals surface area (Å²) < 4.78 is 41.9. The third-order valence-corrected chi connectivity index (χ3v) is 10.5. The Morgan fingerprint density at radius 1 is 0.878 bits per heavy atom. The van der Waals surface area contributed by atoms with Crippen LogP contribution >= 0.6 is 0 Å². The number of ether oxygens (including phenoxy) is 7. The van der Waals surface area contributed by atoms with Crippen LogP contribution in [-0.2, 0) is 42.7 Å². The van der Waals surface area contributed by atoms with Crippen LogP contribution in [0, 0.1) is 23.7 Å². The summed E-state index contributed by atoms with van der Waals surface area (Å²) in [5.41, 5.74) is 0. The largest absolute Gasteiger partial charge is 0.459 e. The second-order valence-electron chi connectivity index (χ2n) is 14.6. The van der Waals surface area contributed by atoms with Gasteiger partial charge in [0.2, 0.25) is 0 Å². The molecular weight excluding hydrogens is 638 g/mol. The molecule has 17 unspecified atom stereocenters. The van der Waals surface area contributed by atoms with Crippen molar-refractivity contribution < 1.29 is 58.1 Å². The maximum atomic E-state index is 13.3. The number of cyclic esters (lactones) is 1. The van der Waals surface area contributed by atoms with Crippen molar-refractivity contribution in [3.63, 3.8) is 0 Å². The van der Waals surface area contributed by atoms with E-state index in [1.807, 2.05) is 53.6 Å². The lowest BCUT2D eigenvalue weighted by atomic mass is 9.84. The van der Waals surface area contributed by atoms with Gasteiger partial charge in [-0.1, -0.05) is 33.8 Å². The standard InChI is InChI=1S/C36H59NO12/c1-10-26-23(17-44-36-34(43-9)31(42)29(40)22(6)46-36)33-27(48-33)13-12-25(38)19(3)15-20(4)32(18(2)11-14-28(39)47-26)49-35-30(41)24(37(7)8)16-21(5)45-35/h11-14,18-24,26-27,29-36,40-42H,10,15-17H2,1-9H3. The molecule has 0 bridgehead atoms. The molecule has 13 heteroatoms. The van der Waals surface area contributed by atoms with Crippen molar-refractivity contribution in [1.29, 1.82) is 0 Å². The molecule has 13 nitrogen and oxygen atoms in total. The zero-order valence-corrected chi connectivity index (χ0v) is 30.4. The molecule has 0 spiro atoms. The molecule has 49 heavy (non-hydrogen) atoms. The zero-order valence-electron chi connectivity index (χ0n) is 30.4. The van der Waals surface area contributed by atoms with Crippen LogP contribution in [0.15, 0.2) is 24.3 Å². The van der Waals surface area contributed by atoms with Gasteiger partial charge in [0.15, 0.2) is 18.4 Å². The highest BCUT2D eigenvalue weighted by molar-refractivity contribution is 5.91. The highest BCUT2D eigenvalue weighted by Crippen LogP contribution is 2.37. The van der Waals surface area contributed by atoms with Crippen LogP contribution in [-0.4, -0.2) is 139 Å². The predicted molar refractivity (Wildman–Crippen MR) is 178 cm³/mol. The van der Waals surface area contributed by atoms with Gasteiger partial charge in [0.25, 0.3) is 0 Å². The number of ketones is 1.